The van der Waals surface area contributed by atoms with Crippen LogP contribution in [-0.2, 0) is 27.1 Å². The fourth-order valence-corrected chi connectivity index (χ4v) is 4.69. The molecule has 8 heteroatoms. The number of benzene rings is 1. The number of anilines is 2. The van der Waals surface area contributed by atoms with E-state index < -0.39 is 5.60 Å². The maximum absolute atomic E-state index is 12.3. The zero-order valence-electron chi connectivity index (χ0n) is 21.5. The van der Waals surface area contributed by atoms with Gasteiger partial charge in [-0.05, 0) is 65.4 Å². The summed E-state index contributed by atoms with van der Waals surface area (Å²) < 4.78 is 11.2. The first-order chi connectivity index (χ1) is 16.7. The molecule has 188 valence electrons. The Balaban J connectivity index is 1.51. The Kier molecular flexibility index (Phi) is 7.69. The van der Waals surface area contributed by atoms with Crippen molar-refractivity contribution in [1.82, 2.24) is 9.97 Å². The van der Waals surface area contributed by atoms with Crippen LogP contribution in [0.3, 0.4) is 0 Å². The molecule has 35 heavy (non-hydrogen) atoms. The highest BCUT2D eigenvalue weighted by molar-refractivity contribution is 5.80. The van der Waals surface area contributed by atoms with Gasteiger partial charge < -0.3 is 14.4 Å². The Morgan fingerprint density at radius 2 is 2.14 bits per heavy atom. The minimum absolute atomic E-state index is 0.144. The van der Waals surface area contributed by atoms with Crippen LogP contribution >= 0.6 is 0 Å². The lowest BCUT2D eigenvalue weighted by molar-refractivity contribution is -0.155. The summed E-state index contributed by atoms with van der Waals surface area (Å²) in [6.07, 6.45) is 4.66. The van der Waals surface area contributed by atoms with E-state index in [1.807, 2.05) is 32.9 Å². The lowest BCUT2D eigenvalue weighted by atomic mass is 10.00. The summed E-state index contributed by atoms with van der Waals surface area (Å²) in [7, 11) is 0. The number of aromatic nitrogens is 2. The van der Waals surface area contributed by atoms with Gasteiger partial charge in [0.25, 0.3) is 0 Å². The second-order valence-electron chi connectivity index (χ2n) is 10.6. The molecule has 2 heterocycles. The number of aryl methyl sites for hydroxylation is 1. The number of ether oxygens (including phenoxy) is 2. The van der Waals surface area contributed by atoms with Crippen molar-refractivity contribution in [3.05, 3.63) is 46.6 Å². The van der Waals surface area contributed by atoms with Crippen LogP contribution in [0, 0.1) is 12.8 Å². The van der Waals surface area contributed by atoms with Gasteiger partial charge in [-0.15, -0.1) is 0 Å². The van der Waals surface area contributed by atoms with Crippen LogP contribution in [0.5, 0.6) is 0 Å². The number of carbonyl (C=O) groups is 1. The molecule has 0 radical (unpaired) electrons. The van der Waals surface area contributed by atoms with Crippen LogP contribution in [0.1, 0.15) is 62.9 Å². The third kappa shape index (κ3) is 6.78. The number of rotatable bonds is 7. The lowest BCUT2D eigenvalue weighted by Gasteiger charge is -2.35. The Morgan fingerprint density at radius 3 is 2.89 bits per heavy atom. The van der Waals surface area contributed by atoms with E-state index in [9.17, 15) is 4.79 Å². The fraction of sp³-hybridized carbons (Fsp3) is 0.556. The molecule has 1 fully saturated rings. The monoisotopic (exact) mass is 479 g/mol. The van der Waals surface area contributed by atoms with Gasteiger partial charge in [-0.25, -0.2) is 10.4 Å². The Bertz CT molecular complexity index is 1080. The molecular weight excluding hydrogens is 442 g/mol. The first-order valence-corrected chi connectivity index (χ1v) is 12.5. The molecule has 1 saturated heterocycles. The Hall–Kier alpha value is -3.00. The Labute approximate surface area is 208 Å². The molecule has 4 rings (SSSR count). The van der Waals surface area contributed by atoms with Gasteiger partial charge >= 0.3 is 5.97 Å². The van der Waals surface area contributed by atoms with E-state index in [2.05, 4.69) is 41.4 Å². The van der Waals surface area contributed by atoms with Crippen LogP contribution in [0.25, 0.3) is 0 Å². The fourth-order valence-electron chi connectivity index (χ4n) is 4.69. The molecule has 1 aromatic carbocycles. The molecule has 1 aliphatic heterocycles. The number of fused-ring (bicyclic) bond motifs is 1. The summed E-state index contributed by atoms with van der Waals surface area (Å²) in [5.41, 5.74) is 7.00. The predicted octanol–water partition coefficient (Wildman–Crippen LogP) is 4.29. The van der Waals surface area contributed by atoms with Crippen molar-refractivity contribution in [2.45, 2.75) is 71.9 Å². The summed E-state index contributed by atoms with van der Waals surface area (Å²) in [6.45, 7) is 12.1. The van der Waals surface area contributed by atoms with E-state index in [0.29, 0.717) is 31.5 Å². The van der Waals surface area contributed by atoms with E-state index in [0.717, 1.165) is 42.9 Å². The van der Waals surface area contributed by atoms with Crippen LogP contribution in [0.2, 0.25) is 0 Å². The molecule has 1 unspecified atom stereocenters. The number of hydrazone groups is 1. The molecule has 8 nitrogen and oxygen atoms in total. The predicted molar refractivity (Wildman–Crippen MR) is 138 cm³/mol. The smallest absolute Gasteiger partial charge is 0.306 e. The summed E-state index contributed by atoms with van der Waals surface area (Å²) >= 11 is 0. The van der Waals surface area contributed by atoms with Gasteiger partial charge in [0, 0.05) is 18.5 Å². The molecule has 0 bridgehead atoms. The number of nitrogens with one attached hydrogen (secondary N) is 1. The molecule has 1 aliphatic carbocycles. The molecule has 2 aromatic rings. The van der Waals surface area contributed by atoms with E-state index >= 15 is 0 Å². The van der Waals surface area contributed by atoms with Crippen LogP contribution in [0.4, 0.5) is 11.8 Å². The molecule has 0 saturated carbocycles. The second kappa shape index (κ2) is 10.7. The third-order valence-electron chi connectivity index (χ3n) is 6.28. The first kappa shape index (κ1) is 25.1. The summed E-state index contributed by atoms with van der Waals surface area (Å²) in [5.74, 6) is 1.65. The highest BCUT2D eigenvalue weighted by Crippen LogP contribution is 2.36. The second-order valence-corrected chi connectivity index (χ2v) is 10.6. The normalized spacial score (nSPS) is 20.2. The van der Waals surface area contributed by atoms with Crippen molar-refractivity contribution in [2.75, 3.05) is 30.1 Å². The highest BCUT2D eigenvalue weighted by atomic mass is 16.6. The quantitative estimate of drug-likeness (QED) is 0.360. The summed E-state index contributed by atoms with van der Waals surface area (Å²) in [4.78, 5) is 24.3. The largest absolute Gasteiger partial charge is 0.460 e. The maximum Gasteiger partial charge on any atom is 0.306 e. The van der Waals surface area contributed by atoms with Gasteiger partial charge in [-0.2, -0.15) is 10.1 Å². The SMILES string of the molecule is Cc1cccc(/C=N/Nc2nc3c(c(N4CCOC[C@H]4C)n2)CC(CCC(=O)OC(C)(C)C)C3)c1. The third-order valence-corrected chi connectivity index (χ3v) is 6.28. The van der Waals surface area contributed by atoms with Gasteiger partial charge in [-0.3, -0.25) is 4.79 Å². The van der Waals surface area contributed by atoms with Gasteiger partial charge in [0.05, 0.1) is 31.2 Å². The summed E-state index contributed by atoms with van der Waals surface area (Å²) in [6, 6.07) is 8.39. The minimum atomic E-state index is -0.458. The van der Waals surface area contributed by atoms with E-state index in [-0.39, 0.29) is 12.0 Å². The van der Waals surface area contributed by atoms with Crippen molar-refractivity contribution in [3.63, 3.8) is 0 Å². The van der Waals surface area contributed by atoms with Gasteiger partial charge in [-0.1, -0.05) is 29.8 Å². The zero-order chi connectivity index (χ0) is 25.0. The van der Waals surface area contributed by atoms with E-state index in [4.69, 9.17) is 19.4 Å². The number of hydrogen-bond acceptors (Lipinski definition) is 8. The minimum Gasteiger partial charge on any atom is -0.460 e. The molecule has 1 N–H and O–H groups in total. The standard InChI is InChI=1S/C27H37N5O3/c1-18-7-6-8-21(13-18)16-28-31-26-29-23-15-20(9-10-24(33)35-27(3,4)5)14-22(23)25(30-26)32-11-12-34-17-19(32)2/h6-8,13,16,19-20H,9-12,14-15,17H2,1-5H3,(H,29,30,31)/b28-16+/t19-,20?/m1/s1. The van der Waals surface area contributed by atoms with E-state index in [1.165, 1.54) is 11.1 Å². The van der Waals surface area contributed by atoms with Gasteiger partial charge in [0.2, 0.25) is 5.95 Å². The van der Waals surface area contributed by atoms with Crippen molar-refractivity contribution >= 4 is 24.0 Å². The molecule has 1 aromatic heterocycles. The van der Waals surface area contributed by atoms with Gasteiger partial charge in [0.1, 0.15) is 11.4 Å². The van der Waals surface area contributed by atoms with Crippen molar-refractivity contribution in [1.29, 1.82) is 0 Å². The lowest BCUT2D eigenvalue weighted by Crippen LogP contribution is -2.44. The average Bonchev–Trinajstić information content (AvgIpc) is 3.20. The van der Waals surface area contributed by atoms with Crippen molar-refractivity contribution < 1.29 is 14.3 Å². The average molecular weight is 480 g/mol. The van der Waals surface area contributed by atoms with Crippen LogP contribution < -0.4 is 10.3 Å². The van der Waals surface area contributed by atoms with Crippen LogP contribution in [0.15, 0.2) is 29.4 Å². The van der Waals surface area contributed by atoms with Gasteiger partial charge in [0.15, 0.2) is 0 Å². The maximum atomic E-state index is 12.3. The molecule has 0 spiro atoms. The zero-order valence-corrected chi connectivity index (χ0v) is 21.5. The number of esters is 1. The molecular formula is C27H37N5O3. The number of morpholine rings is 1. The topological polar surface area (TPSA) is 88.9 Å². The van der Waals surface area contributed by atoms with Crippen molar-refractivity contribution in [2.24, 2.45) is 11.0 Å². The number of hydrogen-bond donors (Lipinski definition) is 1. The Morgan fingerprint density at radius 1 is 1.31 bits per heavy atom. The van der Waals surface area contributed by atoms with E-state index in [1.54, 1.807) is 6.21 Å². The van der Waals surface area contributed by atoms with Crippen LogP contribution in [-0.4, -0.2) is 53.6 Å². The summed E-state index contributed by atoms with van der Waals surface area (Å²) in [5, 5.41) is 4.39. The highest BCUT2D eigenvalue weighted by Gasteiger charge is 2.32. The van der Waals surface area contributed by atoms with Crippen molar-refractivity contribution in [3.8, 4) is 0 Å². The number of carbonyl (C=O) groups excluding carboxylic acids is 1. The first-order valence-electron chi connectivity index (χ1n) is 12.5. The number of nitrogens with zero attached hydrogens (tertiary/aromatic N) is 4. The molecule has 0 amide bonds. The molecule has 2 atom stereocenters. The molecule has 2 aliphatic rings.